The molecule has 4 N–H and O–H groups in total. The number of rotatable bonds is 4. The van der Waals surface area contributed by atoms with Crippen LogP contribution in [0.15, 0.2) is 0 Å². The molecule has 0 heterocycles. The highest BCUT2D eigenvalue weighted by Gasteiger charge is 2.35. The van der Waals surface area contributed by atoms with E-state index >= 15 is 0 Å². The molecule has 2 unspecified atom stereocenters. The Morgan fingerprint density at radius 3 is 2.79 bits per heavy atom. The highest BCUT2D eigenvalue weighted by Crippen LogP contribution is 2.30. The fraction of sp³-hybridized carbons (Fsp3) is 0.900. The van der Waals surface area contributed by atoms with Crippen molar-refractivity contribution in [1.29, 1.82) is 0 Å². The number of carboxylic acid groups (broad SMARTS) is 1. The van der Waals surface area contributed by atoms with Crippen LogP contribution in [0.4, 0.5) is 0 Å². The number of nitrogens with two attached hydrogens (primary N) is 1. The molecule has 1 fully saturated rings. The first-order chi connectivity index (χ1) is 6.54. The Hall–Kier alpha value is -0.610. The Balaban J connectivity index is 2.35. The Morgan fingerprint density at radius 2 is 2.21 bits per heavy atom. The lowest BCUT2D eigenvalue weighted by molar-refractivity contribution is -0.137. The average molecular weight is 201 g/mol. The predicted octanol–water partition coefficient (Wildman–Crippen LogP) is 0.874. The molecule has 0 aliphatic heterocycles. The molecule has 0 aromatic heterocycles. The topological polar surface area (TPSA) is 83.6 Å². The van der Waals surface area contributed by atoms with Gasteiger partial charge in [-0.15, -0.1) is 0 Å². The summed E-state index contributed by atoms with van der Waals surface area (Å²) in [5, 5.41) is 18.2. The number of aliphatic hydroxyl groups is 1. The first-order valence-corrected chi connectivity index (χ1v) is 5.23. The number of carboxylic acids is 1. The van der Waals surface area contributed by atoms with Crippen LogP contribution >= 0.6 is 0 Å². The van der Waals surface area contributed by atoms with Gasteiger partial charge in [-0.25, -0.2) is 0 Å². The van der Waals surface area contributed by atoms with Crippen molar-refractivity contribution in [2.24, 2.45) is 5.73 Å². The summed E-state index contributed by atoms with van der Waals surface area (Å²) < 4.78 is 0. The zero-order chi connectivity index (χ0) is 10.6. The summed E-state index contributed by atoms with van der Waals surface area (Å²) in [6.45, 7) is 0. The molecule has 0 aromatic carbocycles. The fourth-order valence-corrected chi connectivity index (χ4v) is 2.11. The summed E-state index contributed by atoms with van der Waals surface area (Å²) >= 11 is 0. The molecule has 4 nitrogen and oxygen atoms in total. The molecular weight excluding hydrogens is 182 g/mol. The third kappa shape index (κ3) is 2.96. The van der Waals surface area contributed by atoms with Crippen molar-refractivity contribution < 1.29 is 15.0 Å². The minimum atomic E-state index is -0.793. The van der Waals surface area contributed by atoms with Gasteiger partial charge in [0.1, 0.15) is 0 Å². The molecule has 1 saturated carbocycles. The van der Waals surface area contributed by atoms with Gasteiger partial charge in [-0.3, -0.25) is 4.79 Å². The normalized spacial score (nSPS) is 32.9. The summed E-state index contributed by atoms with van der Waals surface area (Å²) in [7, 11) is 0. The first-order valence-electron chi connectivity index (χ1n) is 5.23. The Bertz CT molecular complexity index is 208. The summed E-state index contributed by atoms with van der Waals surface area (Å²) in [4.78, 5) is 10.3. The minimum absolute atomic E-state index is 0.145. The maximum atomic E-state index is 10.3. The standard InChI is InChI=1S/C10H19NO3/c11-10(7-3-5-9(13)14)6-2-1-4-8(10)12/h8,12H,1-7,11H2,(H,13,14). The third-order valence-corrected chi connectivity index (χ3v) is 3.07. The van der Waals surface area contributed by atoms with E-state index in [1.807, 2.05) is 0 Å². The van der Waals surface area contributed by atoms with E-state index in [0.717, 1.165) is 25.7 Å². The molecule has 0 amide bonds. The quantitative estimate of drug-likeness (QED) is 0.630. The zero-order valence-corrected chi connectivity index (χ0v) is 8.41. The van der Waals surface area contributed by atoms with E-state index in [-0.39, 0.29) is 6.42 Å². The lowest BCUT2D eigenvalue weighted by Gasteiger charge is -2.38. The zero-order valence-electron chi connectivity index (χ0n) is 8.41. The maximum Gasteiger partial charge on any atom is 0.303 e. The molecule has 14 heavy (non-hydrogen) atoms. The van der Waals surface area contributed by atoms with Crippen LogP contribution in [-0.4, -0.2) is 27.8 Å². The Morgan fingerprint density at radius 1 is 1.50 bits per heavy atom. The molecule has 1 rings (SSSR count). The maximum absolute atomic E-state index is 10.3. The van der Waals surface area contributed by atoms with Crippen LogP contribution in [0.25, 0.3) is 0 Å². The third-order valence-electron chi connectivity index (χ3n) is 3.07. The van der Waals surface area contributed by atoms with Crippen LogP contribution in [0, 0.1) is 0 Å². The van der Waals surface area contributed by atoms with Crippen molar-refractivity contribution in [1.82, 2.24) is 0 Å². The highest BCUT2D eigenvalue weighted by atomic mass is 16.4. The van der Waals surface area contributed by atoms with E-state index in [0.29, 0.717) is 12.8 Å². The summed E-state index contributed by atoms with van der Waals surface area (Å²) in [6, 6.07) is 0. The van der Waals surface area contributed by atoms with Crippen LogP contribution in [0.2, 0.25) is 0 Å². The number of hydrogen-bond donors (Lipinski definition) is 3. The molecule has 0 bridgehead atoms. The predicted molar refractivity (Wildman–Crippen MR) is 52.9 cm³/mol. The molecule has 2 atom stereocenters. The summed E-state index contributed by atoms with van der Waals surface area (Å²) in [5.41, 5.74) is 5.51. The van der Waals surface area contributed by atoms with Crippen LogP contribution in [-0.2, 0) is 4.79 Å². The van der Waals surface area contributed by atoms with Gasteiger partial charge in [-0.2, -0.15) is 0 Å². The molecule has 4 heteroatoms. The van der Waals surface area contributed by atoms with E-state index in [1.165, 1.54) is 0 Å². The van der Waals surface area contributed by atoms with E-state index in [2.05, 4.69) is 0 Å². The van der Waals surface area contributed by atoms with Gasteiger partial charge < -0.3 is 15.9 Å². The van der Waals surface area contributed by atoms with Crippen LogP contribution < -0.4 is 5.73 Å². The van der Waals surface area contributed by atoms with E-state index < -0.39 is 17.6 Å². The second kappa shape index (κ2) is 4.75. The van der Waals surface area contributed by atoms with Gasteiger partial charge in [-0.05, 0) is 25.7 Å². The van der Waals surface area contributed by atoms with E-state index in [9.17, 15) is 9.90 Å². The summed E-state index contributed by atoms with van der Waals surface area (Å²) in [6.07, 6.45) is 4.50. The Labute approximate surface area is 84.1 Å². The van der Waals surface area contributed by atoms with E-state index in [1.54, 1.807) is 0 Å². The molecule has 0 spiro atoms. The first kappa shape index (κ1) is 11.5. The van der Waals surface area contributed by atoms with Crippen LogP contribution in [0.5, 0.6) is 0 Å². The van der Waals surface area contributed by atoms with Crippen LogP contribution in [0.1, 0.15) is 44.9 Å². The van der Waals surface area contributed by atoms with E-state index in [4.69, 9.17) is 10.8 Å². The number of aliphatic carboxylic acids is 1. The lowest BCUT2D eigenvalue weighted by atomic mass is 9.77. The van der Waals surface area contributed by atoms with Gasteiger partial charge in [-0.1, -0.05) is 12.8 Å². The van der Waals surface area contributed by atoms with Crippen molar-refractivity contribution in [3.05, 3.63) is 0 Å². The fourth-order valence-electron chi connectivity index (χ4n) is 2.11. The van der Waals surface area contributed by atoms with Crippen LogP contribution in [0.3, 0.4) is 0 Å². The number of carbonyl (C=O) groups is 1. The van der Waals surface area contributed by atoms with Crippen molar-refractivity contribution in [3.8, 4) is 0 Å². The molecule has 1 aliphatic carbocycles. The SMILES string of the molecule is NC1(CCCC(=O)O)CCCCC1O. The largest absolute Gasteiger partial charge is 0.481 e. The minimum Gasteiger partial charge on any atom is -0.481 e. The monoisotopic (exact) mass is 201 g/mol. The second-order valence-corrected chi connectivity index (χ2v) is 4.24. The Kier molecular flexibility index (Phi) is 3.89. The van der Waals surface area contributed by atoms with Gasteiger partial charge in [0.15, 0.2) is 0 Å². The van der Waals surface area contributed by atoms with Crippen molar-refractivity contribution in [3.63, 3.8) is 0 Å². The van der Waals surface area contributed by atoms with Gasteiger partial charge >= 0.3 is 5.97 Å². The number of hydrogen-bond acceptors (Lipinski definition) is 3. The molecule has 0 aromatic rings. The molecule has 0 radical (unpaired) electrons. The van der Waals surface area contributed by atoms with Gasteiger partial charge in [0.25, 0.3) is 0 Å². The van der Waals surface area contributed by atoms with Crippen molar-refractivity contribution >= 4 is 5.97 Å². The molecule has 1 aliphatic rings. The lowest BCUT2D eigenvalue weighted by Crippen LogP contribution is -2.52. The van der Waals surface area contributed by atoms with Gasteiger partial charge in [0, 0.05) is 12.0 Å². The smallest absolute Gasteiger partial charge is 0.303 e. The van der Waals surface area contributed by atoms with Crippen molar-refractivity contribution in [2.45, 2.75) is 56.6 Å². The highest BCUT2D eigenvalue weighted by molar-refractivity contribution is 5.66. The molecular formula is C10H19NO3. The molecule has 0 saturated heterocycles. The van der Waals surface area contributed by atoms with Gasteiger partial charge in [0.05, 0.1) is 6.10 Å². The number of aliphatic hydroxyl groups excluding tert-OH is 1. The molecule has 82 valence electrons. The van der Waals surface area contributed by atoms with Gasteiger partial charge in [0.2, 0.25) is 0 Å². The summed E-state index contributed by atoms with van der Waals surface area (Å²) in [5.74, 6) is -0.793. The second-order valence-electron chi connectivity index (χ2n) is 4.24. The average Bonchev–Trinajstić information content (AvgIpc) is 2.10. The van der Waals surface area contributed by atoms with Crippen molar-refractivity contribution in [2.75, 3.05) is 0 Å².